The zero-order chi connectivity index (χ0) is 12.3. The van der Waals surface area contributed by atoms with E-state index in [0.717, 1.165) is 5.69 Å². The molecule has 0 radical (unpaired) electrons. The van der Waals surface area contributed by atoms with Crippen LogP contribution in [0, 0.1) is 0 Å². The van der Waals surface area contributed by atoms with Crippen molar-refractivity contribution in [2.75, 3.05) is 5.32 Å². The summed E-state index contributed by atoms with van der Waals surface area (Å²) >= 11 is 0. The van der Waals surface area contributed by atoms with Crippen LogP contribution in [0.2, 0.25) is 0 Å². The summed E-state index contributed by atoms with van der Waals surface area (Å²) in [5, 5.41) is 16.2. The number of nitrogens with zero attached hydrogens (tertiary/aromatic N) is 3. The van der Waals surface area contributed by atoms with Gasteiger partial charge in [0.05, 0.1) is 29.7 Å². The molecule has 0 unspecified atom stereocenters. The maximum Gasteiger partial charge on any atom is 0.337 e. The summed E-state index contributed by atoms with van der Waals surface area (Å²) in [5.41, 5.74) is 1.54. The first-order chi connectivity index (χ1) is 8.16. The molecule has 0 aliphatic carbocycles. The highest BCUT2D eigenvalue weighted by molar-refractivity contribution is 5.93. The van der Waals surface area contributed by atoms with Gasteiger partial charge in [-0.15, -0.1) is 0 Å². The highest BCUT2D eigenvalue weighted by atomic mass is 16.4. The van der Waals surface area contributed by atoms with Crippen LogP contribution >= 0.6 is 0 Å². The lowest BCUT2D eigenvalue weighted by Gasteiger charge is -2.06. The number of hydrogen-bond acceptors (Lipinski definition) is 4. The molecule has 0 aliphatic rings. The molecule has 2 rings (SSSR count). The van der Waals surface area contributed by atoms with E-state index in [0.29, 0.717) is 12.2 Å². The molecular weight excluding hydrogens is 220 g/mol. The van der Waals surface area contributed by atoms with Gasteiger partial charge >= 0.3 is 5.97 Å². The minimum Gasteiger partial charge on any atom is -0.478 e. The predicted molar refractivity (Wildman–Crippen MR) is 61.7 cm³/mol. The molecule has 2 aromatic rings. The minimum absolute atomic E-state index is 0.205. The number of carboxylic acid groups (broad SMARTS) is 1. The second-order valence-electron chi connectivity index (χ2n) is 3.56. The fourth-order valence-electron chi connectivity index (χ4n) is 1.47. The predicted octanol–water partition coefficient (Wildman–Crippen LogP) is 1.13. The van der Waals surface area contributed by atoms with Gasteiger partial charge in [0, 0.05) is 19.4 Å². The van der Waals surface area contributed by atoms with E-state index in [2.05, 4.69) is 15.4 Å². The molecule has 0 saturated heterocycles. The SMILES string of the molecule is Cn1ccc(CNc2cnccc2C(=O)O)n1. The van der Waals surface area contributed by atoms with Gasteiger partial charge in [0.1, 0.15) is 0 Å². The smallest absolute Gasteiger partial charge is 0.337 e. The fraction of sp³-hybridized carbons (Fsp3) is 0.182. The van der Waals surface area contributed by atoms with Crippen LogP contribution in [-0.4, -0.2) is 25.8 Å². The first kappa shape index (κ1) is 11.1. The van der Waals surface area contributed by atoms with Gasteiger partial charge in [-0.3, -0.25) is 9.67 Å². The Balaban J connectivity index is 2.11. The number of aromatic carboxylic acids is 1. The average Bonchev–Trinajstić information content (AvgIpc) is 2.73. The summed E-state index contributed by atoms with van der Waals surface area (Å²) in [6.45, 7) is 0.465. The van der Waals surface area contributed by atoms with Gasteiger partial charge in [-0.25, -0.2) is 4.79 Å². The number of carboxylic acids is 1. The van der Waals surface area contributed by atoms with Crippen molar-refractivity contribution < 1.29 is 9.90 Å². The van der Waals surface area contributed by atoms with Crippen LogP contribution in [0.25, 0.3) is 0 Å². The fourth-order valence-corrected chi connectivity index (χ4v) is 1.47. The van der Waals surface area contributed by atoms with Crippen molar-refractivity contribution in [3.05, 3.63) is 42.0 Å². The third-order valence-electron chi connectivity index (χ3n) is 2.28. The van der Waals surface area contributed by atoms with Crippen molar-refractivity contribution in [2.24, 2.45) is 7.05 Å². The largest absolute Gasteiger partial charge is 0.478 e. The van der Waals surface area contributed by atoms with Gasteiger partial charge in [-0.2, -0.15) is 5.10 Å². The second kappa shape index (κ2) is 4.65. The van der Waals surface area contributed by atoms with E-state index in [-0.39, 0.29) is 5.56 Å². The Morgan fingerprint density at radius 2 is 2.35 bits per heavy atom. The lowest BCUT2D eigenvalue weighted by Crippen LogP contribution is -2.07. The van der Waals surface area contributed by atoms with Crippen LogP contribution in [0.15, 0.2) is 30.7 Å². The van der Waals surface area contributed by atoms with E-state index in [4.69, 9.17) is 5.11 Å². The molecule has 0 bridgehead atoms. The molecule has 0 aromatic carbocycles. The van der Waals surface area contributed by atoms with Crippen molar-refractivity contribution in [1.82, 2.24) is 14.8 Å². The molecule has 2 aromatic heterocycles. The number of hydrogen-bond donors (Lipinski definition) is 2. The van der Waals surface area contributed by atoms with Crippen molar-refractivity contribution >= 4 is 11.7 Å². The van der Waals surface area contributed by atoms with Gasteiger partial charge in [-0.1, -0.05) is 0 Å². The Bertz CT molecular complexity index is 536. The normalized spacial score (nSPS) is 10.2. The molecule has 6 nitrogen and oxygen atoms in total. The average molecular weight is 232 g/mol. The Morgan fingerprint density at radius 3 is 3.00 bits per heavy atom. The summed E-state index contributed by atoms with van der Waals surface area (Å²) in [5.74, 6) is -0.976. The topological polar surface area (TPSA) is 80.0 Å². The van der Waals surface area contributed by atoms with Crippen molar-refractivity contribution in [2.45, 2.75) is 6.54 Å². The van der Waals surface area contributed by atoms with Crippen molar-refractivity contribution in [3.8, 4) is 0 Å². The molecule has 6 heteroatoms. The maximum atomic E-state index is 10.9. The molecule has 88 valence electrons. The summed E-state index contributed by atoms with van der Waals surface area (Å²) in [6.07, 6.45) is 4.78. The summed E-state index contributed by atoms with van der Waals surface area (Å²) in [4.78, 5) is 14.8. The molecule has 0 saturated carbocycles. The van der Waals surface area contributed by atoms with Crippen LogP contribution < -0.4 is 5.32 Å². The van der Waals surface area contributed by atoms with Crippen LogP contribution in [0.1, 0.15) is 16.1 Å². The second-order valence-corrected chi connectivity index (χ2v) is 3.56. The Kier molecular flexibility index (Phi) is 3.04. The number of aryl methyl sites for hydroxylation is 1. The Hall–Kier alpha value is -2.37. The quantitative estimate of drug-likeness (QED) is 0.825. The molecule has 17 heavy (non-hydrogen) atoms. The molecule has 2 N–H and O–H groups in total. The number of pyridine rings is 1. The Labute approximate surface area is 97.9 Å². The van der Waals surface area contributed by atoms with E-state index >= 15 is 0 Å². The summed E-state index contributed by atoms with van der Waals surface area (Å²) in [6, 6.07) is 3.33. The zero-order valence-corrected chi connectivity index (χ0v) is 9.29. The lowest BCUT2D eigenvalue weighted by molar-refractivity contribution is 0.0698. The number of aromatic nitrogens is 3. The molecular formula is C11H12N4O2. The molecule has 0 amide bonds. The molecule has 2 heterocycles. The molecule has 0 aliphatic heterocycles. The Morgan fingerprint density at radius 1 is 1.53 bits per heavy atom. The number of nitrogens with one attached hydrogen (secondary N) is 1. The molecule has 0 spiro atoms. The van der Waals surface area contributed by atoms with E-state index in [1.165, 1.54) is 18.5 Å². The third-order valence-corrected chi connectivity index (χ3v) is 2.28. The summed E-state index contributed by atoms with van der Waals surface area (Å²) in [7, 11) is 1.83. The van der Waals surface area contributed by atoms with Crippen LogP contribution in [0.3, 0.4) is 0 Å². The highest BCUT2D eigenvalue weighted by Gasteiger charge is 2.09. The van der Waals surface area contributed by atoms with E-state index < -0.39 is 5.97 Å². The first-order valence-corrected chi connectivity index (χ1v) is 5.06. The van der Waals surface area contributed by atoms with Gasteiger partial charge < -0.3 is 10.4 Å². The standard InChI is InChI=1S/C11H12N4O2/c1-15-5-3-8(14-15)6-13-10-7-12-4-2-9(10)11(16)17/h2-5,7,13H,6H2,1H3,(H,16,17). The minimum atomic E-state index is -0.976. The number of anilines is 1. The number of rotatable bonds is 4. The third kappa shape index (κ3) is 2.60. The summed E-state index contributed by atoms with van der Waals surface area (Å²) < 4.78 is 1.69. The van der Waals surface area contributed by atoms with Crippen molar-refractivity contribution in [1.29, 1.82) is 0 Å². The van der Waals surface area contributed by atoms with E-state index in [1.54, 1.807) is 4.68 Å². The maximum absolute atomic E-state index is 10.9. The first-order valence-electron chi connectivity index (χ1n) is 5.06. The van der Waals surface area contributed by atoms with Gasteiger partial charge in [-0.05, 0) is 12.1 Å². The van der Waals surface area contributed by atoms with Crippen LogP contribution in [0.4, 0.5) is 5.69 Å². The van der Waals surface area contributed by atoms with E-state index in [1.807, 2.05) is 19.3 Å². The zero-order valence-electron chi connectivity index (χ0n) is 9.29. The van der Waals surface area contributed by atoms with Gasteiger partial charge in [0.25, 0.3) is 0 Å². The lowest BCUT2D eigenvalue weighted by atomic mass is 10.2. The highest BCUT2D eigenvalue weighted by Crippen LogP contribution is 2.14. The van der Waals surface area contributed by atoms with Crippen molar-refractivity contribution in [3.63, 3.8) is 0 Å². The van der Waals surface area contributed by atoms with Crippen LogP contribution in [-0.2, 0) is 13.6 Å². The monoisotopic (exact) mass is 232 g/mol. The van der Waals surface area contributed by atoms with Gasteiger partial charge in [0.2, 0.25) is 0 Å². The molecule has 0 fully saturated rings. The molecule has 0 atom stereocenters. The van der Waals surface area contributed by atoms with Crippen LogP contribution in [0.5, 0.6) is 0 Å². The number of carbonyl (C=O) groups is 1. The van der Waals surface area contributed by atoms with Gasteiger partial charge in [0.15, 0.2) is 0 Å². The van der Waals surface area contributed by atoms with E-state index in [9.17, 15) is 4.79 Å².